The second-order valence-corrected chi connectivity index (χ2v) is 6.64. The summed E-state index contributed by atoms with van der Waals surface area (Å²) >= 11 is 7.65. The van der Waals surface area contributed by atoms with Crippen molar-refractivity contribution >= 4 is 22.9 Å². The Morgan fingerprint density at radius 1 is 1.05 bits per heavy atom. The Hall–Kier alpha value is -1.55. The first-order valence-electron chi connectivity index (χ1n) is 6.83. The highest BCUT2D eigenvalue weighted by Crippen LogP contribution is 2.33. The van der Waals surface area contributed by atoms with Gasteiger partial charge in [-0.2, -0.15) is 0 Å². The Bertz CT molecular complexity index is 678. The van der Waals surface area contributed by atoms with E-state index in [4.69, 9.17) is 16.0 Å². The van der Waals surface area contributed by atoms with Crippen molar-refractivity contribution < 1.29 is 4.42 Å². The molecule has 2 nitrogen and oxygen atoms in total. The van der Waals surface area contributed by atoms with Crippen molar-refractivity contribution in [2.45, 2.75) is 19.0 Å². The molecule has 2 heterocycles. The lowest BCUT2D eigenvalue weighted by Crippen LogP contribution is -2.24. The molecule has 1 unspecified atom stereocenters. The summed E-state index contributed by atoms with van der Waals surface area (Å²) in [6, 6.07) is 18.5. The van der Waals surface area contributed by atoms with Gasteiger partial charge in [0.05, 0.1) is 10.6 Å². The van der Waals surface area contributed by atoms with E-state index < -0.39 is 0 Å². The summed E-state index contributed by atoms with van der Waals surface area (Å²) in [6.45, 7) is 2.15. The molecule has 21 heavy (non-hydrogen) atoms. The summed E-state index contributed by atoms with van der Waals surface area (Å²) in [4.78, 5) is 1.15. The van der Waals surface area contributed by atoms with Crippen LogP contribution in [0.1, 0.15) is 35.2 Å². The third kappa shape index (κ3) is 3.38. The lowest BCUT2D eigenvalue weighted by molar-refractivity contribution is 0.422. The number of benzene rings is 1. The van der Waals surface area contributed by atoms with Gasteiger partial charge in [0.25, 0.3) is 0 Å². The zero-order valence-electron chi connectivity index (χ0n) is 11.6. The van der Waals surface area contributed by atoms with E-state index in [1.807, 2.05) is 30.3 Å². The molecule has 3 rings (SSSR count). The topological polar surface area (TPSA) is 25.2 Å². The van der Waals surface area contributed by atoms with Crippen molar-refractivity contribution in [1.29, 1.82) is 0 Å². The van der Waals surface area contributed by atoms with Crippen LogP contribution < -0.4 is 5.32 Å². The van der Waals surface area contributed by atoms with Crippen molar-refractivity contribution in [3.63, 3.8) is 0 Å². The quantitative estimate of drug-likeness (QED) is 0.678. The van der Waals surface area contributed by atoms with Crippen LogP contribution in [0.3, 0.4) is 0 Å². The minimum absolute atomic E-state index is 0.00714. The summed E-state index contributed by atoms with van der Waals surface area (Å²) < 4.78 is 6.38. The molecule has 0 bridgehead atoms. The minimum Gasteiger partial charge on any atom is -0.467 e. The van der Waals surface area contributed by atoms with Crippen molar-refractivity contribution in [1.82, 2.24) is 5.32 Å². The molecule has 0 aliphatic rings. The maximum atomic E-state index is 6.08. The van der Waals surface area contributed by atoms with Gasteiger partial charge >= 0.3 is 0 Å². The summed E-state index contributed by atoms with van der Waals surface area (Å²) in [6.07, 6.45) is 1.70. The third-order valence-electron chi connectivity index (χ3n) is 3.42. The zero-order valence-corrected chi connectivity index (χ0v) is 13.2. The summed E-state index contributed by atoms with van der Waals surface area (Å²) in [7, 11) is 0. The maximum Gasteiger partial charge on any atom is 0.126 e. The molecule has 0 amide bonds. The van der Waals surface area contributed by atoms with Crippen molar-refractivity contribution in [2.75, 3.05) is 0 Å². The van der Waals surface area contributed by atoms with Crippen LogP contribution in [-0.2, 0) is 0 Å². The molecule has 3 aromatic rings. The summed E-state index contributed by atoms with van der Waals surface area (Å²) in [5.74, 6) is 0.899. The van der Waals surface area contributed by atoms with Crippen LogP contribution in [0.15, 0.2) is 65.3 Å². The molecule has 2 aromatic heterocycles. The largest absolute Gasteiger partial charge is 0.467 e. The molecule has 2 atom stereocenters. The Morgan fingerprint density at radius 3 is 2.48 bits per heavy atom. The van der Waals surface area contributed by atoms with Gasteiger partial charge in [-0.25, -0.2) is 0 Å². The molecule has 0 aliphatic carbocycles. The summed E-state index contributed by atoms with van der Waals surface area (Å²) in [5, 5.41) is 3.62. The van der Waals surface area contributed by atoms with E-state index in [0.717, 1.165) is 15.0 Å². The van der Waals surface area contributed by atoms with Crippen LogP contribution in [0.25, 0.3) is 0 Å². The fraction of sp³-hybridized carbons (Fsp3) is 0.176. The normalized spacial score (nSPS) is 14.0. The van der Waals surface area contributed by atoms with Crippen molar-refractivity contribution in [3.05, 3.63) is 81.4 Å². The fourth-order valence-electron chi connectivity index (χ4n) is 2.33. The molecule has 0 saturated carbocycles. The van der Waals surface area contributed by atoms with Crippen LogP contribution >= 0.6 is 22.9 Å². The number of thiophene rings is 1. The molecule has 1 N–H and O–H groups in total. The average molecular weight is 318 g/mol. The van der Waals surface area contributed by atoms with Gasteiger partial charge < -0.3 is 4.42 Å². The Morgan fingerprint density at radius 2 is 1.86 bits per heavy atom. The van der Waals surface area contributed by atoms with E-state index in [9.17, 15) is 0 Å². The van der Waals surface area contributed by atoms with Gasteiger partial charge in [-0.1, -0.05) is 41.9 Å². The number of furan rings is 1. The third-order valence-corrected chi connectivity index (χ3v) is 4.72. The molecule has 0 aliphatic heterocycles. The molecule has 4 heteroatoms. The van der Waals surface area contributed by atoms with Crippen LogP contribution in [0.4, 0.5) is 0 Å². The molecule has 108 valence electrons. The number of nitrogens with one attached hydrogen (secondary N) is 1. The monoisotopic (exact) mass is 317 g/mol. The van der Waals surface area contributed by atoms with Gasteiger partial charge in [-0.3, -0.25) is 5.32 Å². The van der Waals surface area contributed by atoms with Gasteiger partial charge in [-0.15, -0.1) is 11.3 Å². The summed E-state index contributed by atoms with van der Waals surface area (Å²) in [5.41, 5.74) is 1.25. The number of hydrogen-bond acceptors (Lipinski definition) is 3. The van der Waals surface area contributed by atoms with Gasteiger partial charge in [0.1, 0.15) is 11.8 Å². The van der Waals surface area contributed by atoms with Crippen molar-refractivity contribution in [3.8, 4) is 0 Å². The van der Waals surface area contributed by atoms with Gasteiger partial charge in [0.15, 0.2) is 0 Å². The first kappa shape index (κ1) is 14.4. The van der Waals surface area contributed by atoms with Gasteiger partial charge in [0.2, 0.25) is 0 Å². The highest BCUT2D eigenvalue weighted by Gasteiger charge is 2.21. The van der Waals surface area contributed by atoms with Gasteiger partial charge in [0, 0.05) is 10.9 Å². The van der Waals surface area contributed by atoms with Crippen molar-refractivity contribution in [2.24, 2.45) is 0 Å². The molecular weight excluding hydrogens is 302 g/mol. The Kier molecular flexibility index (Phi) is 4.44. The standard InChI is InChI=1S/C17H16ClNOS/c1-12(13-6-3-2-4-7-13)19-17(14-8-5-11-20-14)15-9-10-16(18)21-15/h2-12,17,19H,1H3/t12-,17?/m1/s1. The van der Waals surface area contributed by atoms with Crippen LogP contribution in [0.5, 0.6) is 0 Å². The fourth-order valence-corrected chi connectivity index (χ4v) is 3.46. The molecule has 0 spiro atoms. The second kappa shape index (κ2) is 6.48. The molecular formula is C17H16ClNOS. The molecule has 1 aromatic carbocycles. The van der Waals surface area contributed by atoms with E-state index in [1.165, 1.54) is 5.56 Å². The Labute approximate surface area is 133 Å². The maximum absolute atomic E-state index is 6.08. The Balaban J connectivity index is 1.86. The highest BCUT2D eigenvalue weighted by atomic mass is 35.5. The lowest BCUT2D eigenvalue weighted by atomic mass is 10.1. The van der Waals surface area contributed by atoms with Crippen LogP contribution in [-0.4, -0.2) is 0 Å². The predicted molar refractivity (Wildman–Crippen MR) is 87.9 cm³/mol. The second-order valence-electron chi connectivity index (χ2n) is 4.89. The number of halogens is 1. The lowest BCUT2D eigenvalue weighted by Gasteiger charge is -2.21. The van der Waals surface area contributed by atoms with Crippen LogP contribution in [0, 0.1) is 0 Å². The number of rotatable bonds is 5. The van der Waals surface area contributed by atoms with Gasteiger partial charge in [-0.05, 0) is 36.8 Å². The van der Waals surface area contributed by atoms with Crippen LogP contribution in [0.2, 0.25) is 4.34 Å². The zero-order chi connectivity index (χ0) is 14.7. The van der Waals surface area contributed by atoms with E-state index in [-0.39, 0.29) is 12.1 Å². The first-order chi connectivity index (χ1) is 10.2. The predicted octanol–water partition coefficient (Wildman–Crippen LogP) is 5.43. The SMILES string of the molecule is C[C@@H](NC(c1ccco1)c1ccc(Cl)s1)c1ccccc1. The molecule has 0 saturated heterocycles. The van der Waals surface area contributed by atoms with E-state index in [1.54, 1.807) is 17.6 Å². The first-order valence-corrected chi connectivity index (χ1v) is 8.03. The molecule has 0 fully saturated rings. The van der Waals surface area contributed by atoms with E-state index in [2.05, 4.69) is 36.5 Å². The number of hydrogen-bond donors (Lipinski definition) is 1. The minimum atomic E-state index is 0.00714. The average Bonchev–Trinajstić information content (AvgIpc) is 3.17. The smallest absolute Gasteiger partial charge is 0.126 e. The van der Waals surface area contributed by atoms with E-state index >= 15 is 0 Å². The molecule has 0 radical (unpaired) electrons. The van der Waals surface area contributed by atoms with E-state index in [0.29, 0.717) is 0 Å². The highest BCUT2D eigenvalue weighted by molar-refractivity contribution is 7.16.